The van der Waals surface area contributed by atoms with Crippen molar-refractivity contribution in [3.8, 4) is 0 Å². The Kier molecular flexibility index (Phi) is 5.00. The molecule has 3 nitrogen and oxygen atoms in total. The van der Waals surface area contributed by atoms with Gasteiger partial charge in [0.05, 0.1) is 12.6 Å². The Morgan fingerprint density at radius 1 is 1.50 bits per heavy atom. The van der Waals surface area contributed by atoms with Gasteiger partial charge in [0, 0.05) is 0 Å². The first-order valence-corrected chi connectivity index (χ1v) is 7.42. The van der Waals surface area contributed by atoms with E-state index in [4.69, 9.17) is 10.6 Å². The third-order valence-corrected chi connectivity index (χ3v) is 4.47. The van der Waals surface area contributed by atoms with E-state index in [1.807, 2.05) is 0 Å². The summed E-state index contributed by atoms with van der Waals surface area (Å²) in [6, 6.07) is 0.230. The number of nitrogens with two attached hydrogens (primary N) is 1. The minimum absolute atomic E-state index is 0.230. The van der Waals surface area contributed by atoms with E-state index >= 15 is 0 Å². The fraction of sp³-hybridized carbons (Fsp3) is 0.833. The van der Waals surface area contributed by atoms with Gasteiger partial charge in [-0.3, -0.25) is 5.84 Å². The van der Waals surface area contributed by atoms with Crippen molar-refractivity contribution >= 4 is 11.8 Å². The first-order chi connectivity index (χ1) is 7.90. The second-order valence-corrected chi connectivity index (χ2v) is 5.83. The Labute approximate surface area is 102 Å². The maximum Gasteiger partial charge on any atom is 0.110 e. The zero-order valence-corrected chi connectivity index (χ0v) is 10.6. The Morgan fingerprint density at radius 2 is 2.31 bits per heavy atom. The van der Waals surface area contributed by atoms with Crippen molar-refractivity contribution in [3.63, 3.8) is 0 Å². The fourth-order valence-corrected chi connectivity index (χ4v) is 3.61. The summed E-state index contributed by atoms with van der Waals surface area (Å²) in [4.78, 5) is 0. The Balaban J connectivity index is 1.86. The van der Waals surface area contributed by atoms with Crippen LogP contribution in [0.15, 0.2) is 11.8 Å². The van der Waals surface area contributed by atoms with Crippen molar-refractivity contribution in [2.24, 2.45) is 11.8 Å². The van der Waals surface area contributed by atoms with Crippen LogP contribution in [0.5, 0.6) is 0 Å². The van der Waals surface area contributed by atoms with Gasteiger partial charge in [0.25, 0.3) is 0 Å². The van der Waals surface area contributed by atoms with Crippen molar-refractivity contribution in [3.05, 3.63) is 11.8 Å². The predicted octanol–water partition coefficient (Wildman–Crippen LogP) is 2.05. The Bertz CT molecular complexity index is 239. The van der Waals surface area contributed by atoms with Crippen molar-refractivity contribution in [2.45, 2.75) is 38.1 Å². The molecule has 0 aliphatic carbocycles. The topological polar surface area (TPSA) is 47.3 Å². The maximum atomic E-state index is 5.69. The molecule has 2 aliphatic rings. The van der Waals surface area contributed by atoms with Crippen molar-refractivity contribution in [2.75, 3.05) is 18.1 Å². The zero-order valence-electron chi connectivity index (χ0n) is 9.78. The van der Waals surface area contributed by atoms with E-state index < -0.39 is 0 Å². The summed E-state index contributed by atoms with van der Waals surface area (Å²) in [6.07, 6.45) is 8.26. The van der Waals surface area contributed by atoms with Gasteiger partial charge >= 0.3 is 0 Å². The summed E-state index contributed by atoms with van der Waals surface area (Å²) in [5.74, 6) is 10.1. The minimum Gasteiger partial charge on any atom is -0.497 e. The van der Waals surface area contributed by atoms with Crippen LogP contribution in [0.2, 0.25) is 0 Å². The highest BCUT2D eigenvalue weighted by Gasteiger charge is 2.22. The van der Waals surface area contributed by atoms with E-state index in [2.05, 4.69) is 23.3 Å². The standard InChI is InChI=1S/C12H22N2OS/c13-14-11(12-3-1-2-6-15-12)9-10-4-7-16-8-5-10/h3,10-11,14H,1-2,4-9,13H2. The molecule has 1 saturated heterocycles. The lowest BCUT2D eigenvalue weighted by molar-refractivity contribution is 0.159. The average molecular weight is 242 g/mol. The number of hydrogen-bond acceptors (Lipinski definition) is 4. The van der Waals surface area contributed by atoms with Crippen molar-refractivity contribution in [1.82, 2.24) is 5.43 Å². The largest absolute Gasteiger partial charge is 0.497 e. The summed E-state index contributed by atoms with van der Waals surface area (Å²) in [6.45, 7) is 0.852. The zero-order chi connectivity index (χ0) is 11.2. The molecule has 0 aromatic carbocycles. The molecule has 3 N–H and O–H groups in total. The third-order valence-electron chi connectivity index (χ3n) is 3.42. The summed E-state index contributed by atoms with van der Waals surface area (Å²) < 4.78 is 5.69. The van der Waals surface area contributed by atoms with Crippen molar-refractivity contribution in [1.29, 1.82) is 0 Å². The van der Waals surface area contributed by atoms with Gasteiger partial charge in [0.15, 0.2) is 0 Å². The molecule has 2 heterocycles. The number of hydrogen-bond donors (Lipinski definition) is 2. The average Bonchev–Trinajstić information content (AvgIpc) is 2.38. The van der Waals surface area contributed by atoms with Gasteiger partial charge in [-0.25, -0.2) is 5.43 Å². The molecule has 4 heteroatoms. The molecule has 0 amide bonds. The van der Waals surface area contributed by atoms with Crippen molar-refractivity contribution < 1.29 is 4.74 Å². The molecule has 92 valence electrons. The second kappa shape index (κ2) is 6.52. The lowest BCUT2D eigenvalue weighted by Gasteiger charge is -2.28. The minimum atomic E-state index is 0.230. The van der Waals surface area contributed by atoms with E-state index in [1.165, 1.54) is 24.3 Å². The van der Waals surface area contributed by atoms with Gasteiger partial charge < -0.3 is 4.74 Å². The van der Waals surface area contributed by atoms with Gasteiger partial charge in [0.1, 0.15) is 5.76 Å². The number of ether oxygens (including phenoxy) is 1. The van der Waals surface area contributed by atoms with Crippen LogP contribution in [-0.4, -0.2) is 24.2 Å². The number of nitrogens with one attached hydrogen (secondary N) is 1. The van der Waals surface area contributed by atoms with E-state index in [1.54, 1.807) is 0 Å². The summed E-state index contributed by atoms with van der Waals surface area (Å²) in [5, 5.41) is 0. The number of allylic oxidation sites excluding steroid dienone is 1. The normalized spacial score (nSPS) is 24.7. The summed E-state index contributed by atoms with van der Waals surface area (Å²) in [7, 11) is 0. The molecule has 0 aromatic rings. The van der Waals surface area contributed by atoms with Crippen LogP contribution in [0.25, 0.3) is 0 Å². The van der Waals surface area contributed by atoms with Gasteiger partial charge in [-0.05, 0) is 55.6 Å². The van der Waals surface area contributed by atoms with E-state index in [-0.39, 0.29) is 6.04 Å². The quantitative estimate of drug-likeness (QED) is 0.585. The molecule has 0 bridgehead atoms. The van der Waals surface area contributed by atoms with Crippen LogP contribution < -0.4 is 11.3 Å². The van der Waals surface area contributed by atoms with Crippen LogP contribution in [0.4, 0.5) is 0 Å². The lowest BCUT2D eigenvalue weighted by atomic mass is 9.93. The summed E-state index contributed by atoms with van der Waals surface area (Å²) in [5.41, 5.74) is 2.92. The van der Waals surface area contributed by atoms with Crippen LogP contribution >= 0.6 is 11.8 Å². The predicted molar refractivity (Wildman–Crippen MR) is 69.0 cm³/mol. The van der Waals surface area contributed by atoms with E-state index in [0.29, 0.717) is 0 Å². The van der Waals surface area contributed by atoms with Crippen LogP contribution in [0, 0.1) is 5.92 Å². The first-order valence-electron chi connectivity index (χ1n) is 6.27. The monoisotopic (exact) mass is 242 g/mol. The first kappa shape index (κ1) is 12.3. The SMILES string of the molecule is NNC(CC1CCSCC1)C1=CCCCO1. The van der Waals surface area contributed by atoms with Gasteiger partial charge in [-0.15, -0.1) is 0 Å². The molecule has 0 radical (unpaired) electrons. The number of rotatable bonds is 4. The highest BCUT2D eigenvalue weighted by atomic mass is 32.2. The fourth-order valence-electron chi connectivity index (χ4n) is 2.40. The summed E-state index contributed by atoms with van der Waals surface area (Å²) >= 11 is 2.07. The Morgan fingerprint density at radius 3 is 2.94 bits per heavy atom. The highest BCUT2D eigenvalue weighted by molar-refractivity contribution is 7.99. The second-order valence-electron chi connectivity index (χ2n) is 4.61. The van der Waals surface area contributed by atoms with E-state index in [9.17, 15) is 0 Å². The lowest BCUT2D eigenvalue weighted by Crippen LogP contribution is -2.39. The molecule has 2 rings (SSSR count). The third kappa shape index (κ3) is 3.40. The smallest absolute Gasteiger partial charge is 0.110 e. The Hall–Kier alpha value is -0.190. The molecule has 1 unspecified atom stereocenters. The highest BCUT2D eigenvalue weighted by Crippen LogP contribution is 2.28. The molecule has 0 spiro atoms. The maximum absolute atomic E-state index is 5.69. The van der Waals surface area contributed by atoms with E-state index in [0.717, 1.165) is 37.5 Å². The van der Waals surface area contributed by atoms with Crippen LogP contribution in [0.1, 0.15) is 32.1 Å². The van der Waals surface area contributed by atoms with Gasteiger partial charge in [-0.2, -0.15) is 11.8 Å². The molecule has 1 atom stereocenters. The van der Waals surface area contributed by atoms with Crippen LogP contribution in [-0.2, 0) is 4.74 Å². The van der Waals surface area contributed by atoms with Gasteiger partial charge in [0.2, 0.25) is 0 Å². The number of thioether (sulfide) groups is 1. The number of hydrazine groups is 1. The molecular weight excluding hydrogens is 220 g/mol. The van der Waals surface area contributed by atoms with Gasteiger partial charge in [-0.1, -0.05) is 0 Å². The molecule has 0 saturated carbocycles. The molecule has 2 aliphatic heterocycles. The molecular formula is C12H22N2OS. The molecule has 0 aromatic heterocycles. The van der Waals surface area contributed by atoms with Crippen LogP contribution in [0.3, 0.4) is 0 Å². The molecule has 1 fully saturated rings. The molecule has 16 heavy (non-hydrogen) atoms.